The van der Waals surface area contributed by atoms with Crippen LogP contribution in [0, 0.1) is 5.41 Å². The maximum Gasteiger partial charge on any atom is 0.407 e. The fraction of sp³-hybridized carbons (Fsp3) is 0.565. The molecule has 1 aliphatic rings. The highest BCUT2D eigenvalue weighted by Gasteiger charge is 2.31. The summed E-state index contributed by atoms with van der Waals surface area (Å²) >= 11 is 0. The number of hydrogen-bond acceptors (Lipinski definition) is 4. The number of carboxylic acid groups (broad SMARTS) is 1. The lowest BCUT2D eigenvalue weighted by atomic mass is 9.88. The van der Waals surface area contributed by atoms with Crippen LogP contribution in [-0.2, 0) is 0 Å². The summed E-state index contributed by atoms with van der Waals surface area (Å²) in [5, 5.41) is 14.4. The monoisotopic (exact) mass is 398 g/mol. The van der Waals surface area contributed by atoms with E-state index in [2.05, 4.69) is 43.1 Å². The highest BCUT2D eigenvalue weighted by atomic mass is 16.4. The van der Waals surface area contributed by atoms with Crippen LogP contribution in [0.25, 0.3) is 10.9 Å². The van der Waals surface area contributed by atoms with Crippen molar-refractivity contribution in [1.82, 2.24) is 9.88 Å². The van der Waals surface area contributed by atoms with Crippen LogP contribution in [0.1, 0.15) is 46.5 Å². The van der Waals surface area contributed by atoms with Crippen molar-refractivity contribution in [2.75, 3.05) is 30.9 Å². The molecule has 29 heavy (non-hydrogen) atoms. The molecular weight excluding hydrogens is 364 g/mol. The molecule has 1 saturated carbocycles. The summed E-state index contributed by atoms with van der Waals surface area (Å²) in [4.78, 5) is 20.3. The topological polar surface area (TPSA) is 68.7 Å². The third-order valence-electron chi connectivity index (χ3n) is 5.56. The van der Waals surface area contributed by atoms with Crippen molar-refractivity contribution in [3.63, 3.8) is 0 Å². The highest BCUT2D eigenvalue weighted by molar-refractivity contribution is 5.93. The number of amides is 1. The second kappa shape index (κ2) is 8.47. The third-order valence-corrected chi connectivity index (χ3v) is 5.56. The SMILES string of the molecule is CN(C)c1cc(N[C@H]2CC[C@@H](N(CC(C)(C)C)C(=O)O)CC2)nc2ccccc12. The Morgan fingerprint density at radius 1 is 1.17 bits per heavy atom. The second-order valence-electron chi connectivity index (χ2n) is 9.56. The lowest BCUT2D eigenvalue weighted by molar-refractivity contribution is 0.0876. The number of fused-ring (bicyclic) bond motifs is 1. The third kappa shape index (κ3) is 5.31. The number of aromatic nitrogens is 1. The minimum absolute atomic E-state index is 0.0366. The molecule has 1 aliphatic carbocycles. The standard InChI is InChI=1S/C23H34N4O2/c1-23(2,3)15-27(22(28)29)17-12-10-16(11-13-17)24-21-14-20(26(4)5)18-8-6-7-9-19(18)25-21/h6-9,14,16-17H,10-13,15H2,1-5H3,(H,24,25)(H,28,29)/t16-,17+. The minimum atomic E-state index is -0.803. The molecule has 0 bridgehead atoms. The van der Waals surface area contributed by atoms with E-state index in [-0.39, 0.29) is 11.5 Å². The molecule has 0 spiro atoms. The first-order chi connectivity index (χ1) is 13.6. The van der Waals surface area contributed by atoms with Crippen LogP contribution in [0.15, 0.2) is 30.3 Å². The van der Waals surface area contributed by atoms with E-state index in [4.69, 9.17) is 4.98 Å². The number of rotatable bonds is 5. The average molecular weight is 399 g/mol. The summed E-state index contributed by atoms with van der Waals surface area (Å²) < 4.78 is 0. The molecule has 6 heteroatoms. The number of carbonyl (C=O) groups is 1. The van der Waals surface area contributed by atoms with Crippen LogP contribution in [0.3, 0.4) is 0 Å². The quantitative estimate of drug-likeness (QED) is 0.738. The number of para-hydroxylation sites is 1. The predicted octanol–water partition coefficient (Wildman–Crippen LogP) is 5.05. The van der Waals surface area contributed by atoms with Crippen LogP contribution in [0.2, 0.25) is 0 Å². The first-order valence-corrected chi connectivity index (χ1v) is 10.5. The average Bonchev–Trinajstić information content (AvgIpc) is 2.65. The minimum Gasteiger partial charge on any atom is -0.465 e. The lowest BCUT2D eigenvalue weighted by Crippen LogP contribution is -2.46. The van der Waals surface area contributed by atoms with E-state index in [0.29, 0.717) is 12.6 Å². The summed E-state index contributed by atoms with van der Waals surface area (Å²) in [5.41, 5.74) is 2.09. The Balaban J connectivity index is 1.68. The van der Waals surface area contributed by atoms with Crippen molar-refractivity contribution < 1.29 is 9.90 Å². The molecule has 1 fully saturated rings. The maximum atomic E-state index is 11.8. The van der Waals surface area contributed by atoms with E-state index in [1.807, 2.05) is 32.3 Å². The Bertz CT molecular complexity index is 852. The molecule has 1 amide bonds. The molecule has 158 valence electrons. The van der Waals surface area contributed by atoms with Gasteiger partial charge in [0.15, 0.2) is 0 Å². The summed E-state index contributed by atoms with van der Waals surface area (Å²) in [6.07, 6.45) is 2.86. The molecule has 3 rings (SSSR count). The molecule has 0 radical (unpaired) electrons. The Morgan fingerprint density at radius 2 is 1.83 bits per heavy atom. The van der Waals surface area contributed by atoms with Crippen molar-refractivity contribution in [1.29, 1.82) is 0 Å². The zero-order chi connectivity index (χ0) is 21.2. The smallest absolute Gasteiger partial charge is 0.407 e. The Labute approximate surface area is 173 Å². The van der Waals surface area contributed by atoms with Crippen molar-refractivity contribution in [2.45, 2.75) is 58.5 Å². The van der Waals surface area contributed by atoms with Gasteiger partial charge in [0, 0.05) is 49.9 Å². The van der Waals surface area contributed by atoms with E-state index in [9.17, 15) is 9.90 Å². The predicted molar refractivity (Wildman–Crippen MR) is 120 cm³/mol. The van der Waals surface area contributed by atoms with Crippen molar-refractivity contribution in [2.24, 2.45) is 5.41 Å². The summed E-state index contributed by atoms with van der Waals surface area (Å²) in [6.45, 7) is 6.83. The van der Waals surface area contributed by atoms with Gasteiger partial charge in [-0.05, 0) is 37.2 Å². The van der Waals surface area contributed by atoms with Crippen molar-refractivity contribution in [3.8, 4) is 0 Å². The fourth-order valence-corrected chi connectivity index (χ4v) is 4.21. The Hall–Kier alpha value is -2.50. The highest BCUT2D eigenvalue weighted by Crippen LogP contribution is 2.31. The van der Waals surface area contributed by atoms with Crippen LogP contribution in [0.4, 0.5) is 16.3 Å². The van der Waals surface area contributed by atoms with Crippen molar-refractivity contribution >= 4 is 28.5 Å². The van der Waals surface area contributed by atoms with E-state index in [0.717, 1.165) is 48.1 Å². The summed E-state index contributed by atoms with van der Waals surface area (Å²) in [5.74, 6) is 0.889. The van der Waals surface area contributed by atoms with Gasteiger partial charge in [0.05, 0.1) is 5.52 Å². The molecule has 1 aromatic heterocycles. The van der Waals surface area contributed by atoms with Gasteiger partial charge in [-0.1, -0.05) is 39.0 Å². The zero-order valence-corrected chi connectivity index (χ0v) is 18.3. The fourth-order valence-electron chi connectivity index (χ4n) is 4.21. The van der Waals surface area contributed by atoms with Crippen LogP contribution >= 0.6 is 0 Å². The molecule has 0 unspecified atom stereocenters. The maximum absolute atomic E-state index is 11.8. The van der Waals surface area contributed by atoms with Gasteiger partial charge < -0.3 is 20.2 Å². The Kier molecular flexibility index (Phi) is 6.20. The van der Waals surface area contributed by atoms with Gasteiger partial charge in [0.2, 0.25) is 0 Å². The van der Waals surface area contributed by atoms with E-state index in [1.165, 1.54) is 0 Å². The van der Waals surface area contributed by atoms with Crippen molar-refractivity contribution in [3.05, 3.63) is 30.3 Å². The molecule has 1 aromatic carbocycles. The molecule has 2 aromatic rings. The van der Waals surface area contributed by atoms with Gasteiger partial charge in [-0.2, -0.15) is 0 Å². The number of anilines is 2. The summed E-state index contributed by atoms with van der Waals surface area (Å²) in [7, 11) is 4.10. The molecule has 0 aliphatic heterocycles. The first kappa shape index (κ1) is 21.2. The molecule has 0 atom stereocenters. The normalized spacial score (nSPS) is 19.8. The van der Waals surface area contributed by atoms with Gasteiger partial charge in [-0.3, -0.25) is 0 Å². The van der Waals surface area contributed by atoms with Gasteiger partial charge in [0.25, 0.3) is 0 Å². The molecule has 0 saturated heterocycles. The number of hydrogen-bond donors (Lipinski definition) is 2. The van der Waals surface area contributed by atoms with E-state index < -0.39 is 6.09 Å². The van der Waals surface area contributed by atoms with Crippen LogP contribution < -0.4 is 10.2 Å². The lowest BCUT2D eigenvalue weighted by Gasteiger charge is -2.38. The molecular formula is C23H34N4O2. The van der Waals surface area contributed by atoms with Gasteiger partial charge in [-0.15, -0.1) is 0 Å². The molecule has 6 nitrogen and oxygen atoms in total. The molecule has 1 heterocycles. The van der Waals surface area contributed by atoms with Gasteiger partial charge in [0.1, 0.15) is 5.82 Å². The van der Waals surface area contributed by atoms with Crippen LogP contribution in [-0.4, -0.2) is 53.8 Å². The zero-order valence-electron chi connectivity index (χ0n) is 18.3. The van der Waals surface area contributed by atoms with Crippen LogP contribution in [0.5, 0.6) is 0 Å². The second-order valence-corrected chi connectivity index (χ2v) is 9.56. The van der Waals surface area contributed by atoms with E-state index >= 15 is 0 Å². The molecule has 2 N–H and O–H groups in total. The summed E-state index contributed by atoms with van der Waals surface area (Å²) in [6, 6.07) is 10.7. The Morgan fingerprint density at radius 3 is 2.41 bits per heavy atom. The number of benzene rings is 1. The number of nitrogens with one attached hydrogen (secondary N) is 1. The number of pyridine rings is 1. The van der Waals surface area contributed by atoms with Gasteiger partial charge >= 0.3 is 6.09 Å². The number of nitrogens with zero attached hydrogens (tertiary/aromatic N) is 3. The first-order valence-electron chi connectivity index (χ1n) is 10.5. The largest absolute Gasteiger partial charge is 0.465 e. The van der Waals surface area contributed by atoms with Gasteiger partial charge in [-0.25, -0.2) is 9.78 Å². The van der Waals surface area contributed by atoms with E-state index in [1.54, 1.807) is 4.90 Å².